The molecule has 65 valence electrons. The predicted octanol–water partition coefficient (Wildman–Crippen LogP) is 1.75. The highest BCUT2D eigenvalue weighted by Crippen LogP contribution is 1.84. The van der Waals surface area contributed by atoms with Crippen molar-refractivity contribution < 1.29 is 0 Å². The highest BCUT2D eigenvalue weighted by atomic mass is 15.1. The van der Waals surface area contributed by atoms with E-state index in [9.17, 15) is 0 Å². The molecule has 0 bridgehead atoms. The Morgan fingerprint density at radius 2 is 1.67 bits per heavy atom. The summed E-state index contributed by atoms with van der Waals surface area (Å²) in [6, 6.07) is 0. The topological polar surface area (TPSA) is 15.6 Å². The first-order valence-electron chi connectivity index (χ1n) is 3.85. The fourth-order valence-corrected chi connectivity index (χ4v) is 0.673. The minimum Gasteiger partial charge on any atom is -0.346 e. The second-order valence-corrected chi connectivity index (χ2v) is 2.21. The van der Waals surface area contributed by atoms with E-state index < -0.39 is 0 Å². The minimum atomic E-state index is 0.602. The average Bonchev–Trinajstić information content (AvgIpc) is 2.06. The molecule has 0 amide bonds. The fourth-order valence-electron chi connectivity index (χ4n) is 0.673. The zero-order valence-electron chi connectivity index (χ0n) is 7.37. The molecule has 0 heterocycles. The summed E-state index contributed by atoms with van der Waals surface area (Å²) in [7, 11) is 0. The van der Waals surface area contributed by atoms with Crippen LogP contribution in [0.4, 0.5) is 0 Å². The Hall–Kier alpha value is -1.31. The lowest BCUT2D eigenvalue weighted by Crippen LogP contribution is -2.21. The third kappa shape index (κ3) is 5.47. The monoisotopic (exact) mass is 163 g/mol. The van der Waals surface area contributed by atoms with Gasteiger partial charge < -0.3 is 4.90 Å². The summed E-state index contributed by atoms with van der Waals surface area (Å²) in [4.78, 5) is 5.88. The lowest BCUT2D eigenvalue weighted by atomic mass is 10.5. The maximum Gasteiger partial charge on any atom is 0.167 e. The zero-order valence-corrected chi connectivity index (χ0v) is 7.37. The van der Waals surface area contributed by atoms with Gasteiger partial charge in [0.2, 0.25) is 0 Å². The van der Waals surface area contributed by atoms with Crippen LogP contribution in [0.25, 0.3) is 0 Å². The van der Waals surface area contributed by atoms with Crippen LogP contribution in [0.1, 0.15) is 0 Å². The summed E-state index contributed by atoms with van der Waals surface area (Å²) in [6.45, 7) is 12.9. The third-order valence-corrected chi connectivity index (χ3v) is 1.13. The van der Waals surface area contributed by atoms with Crippen molar-refractivity contribution in [1.29, 1.82) is 0 Å². The molecule has 0 aliphatic heterocycles. The highest BCUT2D eigenvalue weighted by Gasteiger charge is 1.92. The van der Waals surface area contributed by atoms with Crippen LogP contribution in [-0.2, 0) is 0 Å². The molecule has 2 heteroatoms. The van der Waals surface area contributed by atoms with Crippen molar-refractivity contribution in [2.45, 2.75) is 0 Å². The van der Waals surface area contributed by atoms with Gasteiger partial charge in [-0.3, -0.25) is 4.99 Å². The van der Waals surface area contributed by atoms with Gasteiger partial charge >= 0.3 is 0 Å². The van der Waals surface area contributed by atoms with E-state index in [-0.39, 0.29) is 0 Å². The van der Waals surface area contributed by atoms with E-state index in [4.69, 9.17) is 0 Å². The molecular formula is C10H15N2. The molecule has 1 radical (unpaired) electrons. The van der Waals surface area contributed by atoms with E-state index in [0.717, 1.165) is 13.1 Å². The lowest BCUT2D eigenvalue weighted by molar-refractivity contribution is 0.528. The Morgan fingerprint density at radius 3 is 2.08 bits per heavy atom. The standard InChI is InChI=1S/C10H15N2/c1-4-7-11-10-12(8-5-2)9-6-3/h4-6H,1-3,7-9H2. The first-order chi connectivity index (χ1) is 5.85. The molecule has 0 rings (SSSR count). The Bertz CT molecular complexity index is 161. The van der Waals surface area contributed by atoms with Gasteiger partial charge in [-0.2, -0.15) is 0 Å². The molecule has 0 aromatic rings. The molecule has 0 aliphatic rings. The maximum atomic E-state index is 3.99. The average molecular weight is 163 g/mol. The smallest absolute Gasteiger partial charge is 0.167 e. The van der Waals surface area contributed by atoms with Crippen molar-refractivity contribution in [2.75, 3.05) is 19.6 Å². The SMILES string of the molecule is C=CC/N=[C]/N(CC=C)CC=C. The first kappa shape index (κ1) is 10.7. The van der Waals surface area contributed by atoms with Crippen molar-refractivity contribution in [1.82, 2.24) is 4.90 Å². The van der Waals surface area contributed by atoms with Gasteiger partial charge in [-0.05, 0) is 0 Å². The number of hydrogen-bond acceptors (Lipinski definition) is 1. The summed E-state index contributed by atoms with van der Waals surface area (Å²) in [5, 5.41) is 0. The van der Waals surface area contributed by atoms with E-state index in [0.29, 0.717) is 6.54 Å². The molecule has 0 aliphatic carbocycles. The Labute approximate surface area is 74.6 Å². The minimum absolute atomic E-state index is 0.602. The molecule has 0 aromatic carbocycles. The molecule has 2 nitrogen and oxygen atoms in total. The van der Waals surface area contributed by atoms with Crippen molar-refractivity contribution >= 4 is 6.34 Å². The normalized spacial score (nSPS) is 9.67. The maximum absolute atomic E-state index is 3.99. The molecule has 0 unspecified atom stereocenters. The molecule has 0 atom stereocenters. The van der Waals surface area contributed by atoms with Gasteiger partial charge in [0.1, 0.15) is 0 Å². The number of aliphatic imine (C=N–C) groups is 1. The number of rotatable bonds is 7. The second kappa shape index (κ2) is 7.79. The van der Waals surface area contributed by atoms with Crippen LogP contribution in [0.15, 0.2) is 43.0 Å². The van der Waals surface area contributed by atoms with Crippen LogP contribution < -0.4 is 0 Å². The van der Waals surface area contributed by atoms with Crippen molar-refractivity contribution in [2.24, 2.45) is 4.99 Å². The Kier molecular flexibility index (Phi) is 6.94. The van der Waals surface area contributed by atoms with E-state index in [1.165, 1.54) is 0 Å². The van der Waals surface area contributed by atoms with E-state index in [1.54, 1.807) is 18.2 Å². The van der Waals surface area contributed by atoms with Gasteiger partial charge in [0, 0.05) is 13.1 Å². The first-order valence-corrected chi connectivity index (χ1v) is 3.85. The van der Waals surface area contributed by atoms with Crippen LogP contribution >= 0.6 is 0 Å². The number of nitrogens with zero attached hydrogens (tertiary/aromatic N) is 2. The van der Waals surface area contributed by atoms with Crippen LogP contribution in [0.2, 0.25) is 0 Å². The summed E-state index contributed by atoms with van der Waals surface area (Å²) in [5.41, 5.74) is 0. The van der Waals surface area contributed by atoms with Gasteiger partial charge in [-0.15, -0.1) is 19.7 Å². The molecule has 0 N–H and O–H groups in total. The molecule has 0 fully saturated rings. The van der Waals surface area contributed by atoms with Crippen molar-refractivity contribution in [3.05, 3.63) is 38.0 Å². The van der Waals surface area contributed by atoms with Crippen molar-refractivity contribution in [3.8, 4) is 0 Å². The predicted molar refractivity (Wildman–Crippen MR) is 54.5 cm³/mol. The molecule has 0 aromatic heterocycles. The van der Waals surface area contributed by atoms with Crippen LogP contribution in [0, 0.1) is 0 Å². The summed E-state index contributed by atoms with van der Waals surface area (Å²) in [6.07, 6.45) is 8.21. The van der Waals surface area contributed by atoms with Crippen LogP contribution in [0.3, 0.4) is 0 Å². The van der Waals surface area contributed by atoms with Gasteiger partial charge in [-0.1, -0.05) is 18.2 Å². The lowest BCUT2D eigenvalue weighted by Gasteiger charge is -2.12. The van der Waals surface area contributed by atoms with Gasteiger partial charge in [-0.25, -0.2) is 0 Å². The molecule has 0 saturated carbocycles. The van der Waals surface area contributed by atoms with Gasteiger partial charge in [0.15, 0.2) is 6.34 Å². The Morgan fingerprint density at radius 1 is 1.08 bits per heavy atom. The van der Waals surface area contributed by atoms with Gasteiger partial charge in [0.25, 0.3) is 0 Å². The van der Waals surface area contributed by atoms with E-state index in [2.05, 4.69) is 31.1 Å². The molecular weight excluding hydrogens is 148 g/mol. The Balaban J connectivity index is 3.82. The second-order valence-electron chi connectivity index (χ2n) is 2.21. The highest BCUT2D eigenvalue weighted by molar-refractivity contribution is 5.55. The quantitative estimate of drug-likeness (QED) is 0.242. The van der Waals surface area contributed by atoms with Crippen molar-refractivity contribution in [3.63, 3.8) is 0 Å². The summed E-state index contributed by atoms with van der Waals surface area (Å²) in [5.74, 6) is 0. The largest absolute Gasteiger partial charge is 0.346 e. The van der Waals surface area contributed by atoms with Crippen LogP contribution in [0.5, 0.6) is 0 Å². The summed E-state index contributed by atoms with van der Waals surface area (Å²) < 4.78 is 0. The molecule has 0 spiro atoms. The number of hydrogen-bond donors (Lipinski definition) is 0. The summed E-state index contributed by atoms with van der Waals surface area (Å²) >= 11 is 0. The third-order valence-electron chi connectivity index (χ3n) is 1.13. The van der Waals surface area contributed by atoms with E-state index >= 15 is 0 Å². The van der Waals surface area contributed by atoms with Gasteiger partial charge in [0.05, 0.1) is 6.54 Å². The molecule has 0 saturated heterocycles. The fraction of sp³-hybridized carbons (Fsp3) is 0.300. The van der Waals surface area contributed by atoms with E-state index in [1.807, 2.05) is 4.90 Å². The van der Waals surface area contributed by atoms with Crippen LogP contribution in [-0.4, -0.2) is 30.9 Å². The molecule has 12 heavy (non-hydrogen) atoms. The zero-order chi connectivity index (χ0) is 9.23.